The van der Waals surface area contributed by atoms with Crippen LogP contribution in [0.1, 0.15) is 20.8 Å². The van der Waals surface area contributed by atoms with Gasteiger partial charge in [-0.1, -0.05) is 13.8 Å². The van der Waals surface area contributed by atoms with Crippen molar-refractivity contribution in [3.05, 3.63) is 12.1 Å². The lowest BCUT2D eigenvalue weighted by molar-refractivity contribution is 0.483. The van der Waals surface area contributed by atoms with E-state index in [1.165, 1.54) is 22.7 Å². The van der Waals surface area contributed by atoms with Crippen molar-refractivity contribution in [2.75, 3.05) is 47.8 Å². The average molecular weight is 274 g/mol. The third kappa shape index (κ3) is 1.54. The summed E-state index contributed by atoms with van der Waals surface area (Å²) in [5.41, 5.74) is 5.37. The molecule has 0 N–H and O–H groups in total. The first-order chi connectivity index (χ1) is 9.34. The van der Waals surface area contributed by atoms with Crippen LogP contribution in [0.4, 0.5) is 22.7 Å². The quantitative estimate of drug-likeness (QED) is 0.780. The lowest BCUT2D eigenvalue weighted by Crippen LogP contribution is -2.43. The predicted molar refractivity (Wildman–Crippen MR) is 88.1 cm³/mol. The SMILES string of the molecule is CC(C)C1N(C)c2cc3c(cc2N1C)N(C)C(C)N3C. The van der Waals surface area contributed by atoms with Crippen LogP contribution in [0.15, 0.2) is 12.1 Å². The summed E-state index contributed by atoms with van der Waals surface area (Å²) in [6.07, 6.45) is 0.865. The standard InChI is InChI=1S/C16H26N4/c1-10(2)16-19(6)14-8-12-13(9-15(14)20(16)7)18(5)11(3)17(12)4/h8-11,16H,1-7H3. The Morgan fingerprint density at radius 2 is 1.10 bits per heavy atom. The summed E-state index contributed by atoms with van der Waals surface area (Å²) in [4.78, 5) is 9.53. The molecule has 4 heteroatoms. The van der Waals surface area contributed by atoms with Crippen LogP contribution >= 0.6 is 0 Å². The van der Waals surface area contributed by atoms with Crippen LogP contribution in [-0.4, -0.2) is 40.5 Å². The van der Waals surface area contributed by atoms with Crippen LogP contribution in [0.25, 0.3) is 0 Å². The van der Waals surface area contributed by atoms with E-state index in [-0.39, 0.29) is 0 Å². The minimum Gasteiger partial charge on any atom is -0.353 e. The summed E-state index contributed by atoms with van der Waals surface area (Å²) in [5, 5.41) is 0. The van der Waals surface area contributed by atoms with Gasteiger partial charge in [0.1, 0.15) is 6.17 Å². The Hall–Kier alpha value is -1.58. The molecule has 0 aromatic heterocycles. The highest BCUT2D eigenvalue weighted by atomic mass is 15.4. The van der Waals surface area contributed by atoms with E-state index in [1.54, 1.807) is 0 Å². The van der Waals surface area contributed by atoms with Gasteiger partial charge < -0.3 is 19.6 Å². The Balaban J connectivity index is 2.11. The van der Waals surface area contributed by atoms with E-state index in [4.69, 9.17) is 0 Å². The highest BCUT2D eigenvalue weighted by molar-refractivity contribution is 5.90. The molecule has 1 aromatic carbocycles. The fourth-order valence-corrected chi connectivity index (χ4v) is 3.79. The summed E-state index contributed by atoms with van der Waals surface area (Å²) in [5.74, 6) is 0.599. The summed E-state index contributed by atoms with van der Waals surface area (Å²) < 4.78 is 0. The summed E-state index contributed by atoms with van der Waals surface area (Å²) >= 11 is 0. The third-order valence-corrected chi connectivity index (χ3v) is 5.10. The van der Waals surface area contributed by atoms with E-state index in [2.05, 4.69) is 80.7 Å². The molecule has 0 saturated heterocycles. The zero-order valence-corrected chi connectivity index (χ0v) is 13.7. The lowest BCUT2D eigenvalue weighted by atomic mass is 10.1. The summed E-state index contributed by atoms with van der Waals surface area (Å²) in [7, 11) is 8.78. The molecule has 2 aliphatic heterocycles. The maximum Gasteiger partial charge on any atom is 0.103 e. The number of fused-ring (bicyclic) bond motifs is 2. The Morgan fingerprint density at radius 3 is 1.45 bits per heavy atom. The van der Waals surface area contributed by atoms with Crippen molar-refractivity contribution in [1.29, 1.82) is 0 Å². The van der Waals surface area contributed by atoms with Gasteiger partial charge in [-0.15, -0.1) is 0 Å². The van der Waals surface area contributed by atoms with E-state index in [1.807, 2.05) is 0 Å². The lowest BCUT2D eigenvalue weighted by Gasteiger charge is -2.31. The smallest absolute Gasteiger partial charge is 0.103 e. The highest BCUT2D eigenvalue weighted by Crippen LogP contribution is 2.49. The minimum absolute atomic E-state index is 0.420. The molecule has 0 atom stereocenters. The second-order valence-corrected chi connectivity index (χ2v) is 6.56. The highest BCUT2D eigenvalue weighted by Gasteiger charge is 2.37. The number of nitrogens with zero attached hydrogens (tertiary/aromatic N) is 4. The van der Waals surface area contributed by atoms with Crippen molar-refractivity contribution < 1.29 is 0 Å². The molecular weight excluding hydrogens is 248 g/mol. The predicted octanol–water partition coefficient (Wildman–Crippen LogP) is 2.79. The van der Waals surface area contributed by atoms with E-state index in [9.17, 15) is 0 Å². The van der Waals surface area contributed by atoms with Crippen LogP contribution in [0.3, 0.4) is 0 Å². The van der Waals surface area contributed by atoms with Gasteiger partial charge >= 0.3 is 0 Å². The third-order valence-electron chi connectivity index (χ3n) is 5.10. The molecule has 0 bridgehead atoms. The number of benzene rings is 1. The molecule has 3 rings (SSSR count). The van der Waals surface area contributed by atoms with Gasteiger partial charge in [0.05, 0.1) is 28.9 Å². The molecule has 2 aliphatic rings. The summed E-state index contributed by atoms with van der Waals surface area (Å²) in [6, 6.07) is 4.70. The molecule has 0 aliphatic carbocycles. The van der Waals surface area contributed by atoms with Crippen molar-refractivity contribution in [3.8, 4) is 0 Å². The molecule has 0 amide bonds. The van der Waals surface area contributed by atoms with Gasteiger partial charge in [-0.2, -0.15) is 0 Å². The Kier molecular flexibility index (Phi) is 2.82. The monoisotopic (exact) mass is 274 g/mol. The maximum atomic E-state index is 2.41. The van der Waals surface area contributed by atoms with Gasteiger partial charge in [-0.3, -0.25) is 0 Å². The van der Waals surface area contributed by atoms with Gasteiger partial charge in [-0.05, 0) is 25.0 Å². The van der Waals surface area contributed by atoms with Crippen LogP contribution < -0.4 is 19.6 Å². The number of rotatable bonds is 1. The van der Waals surface area contributed by atoms with E-state index in [0.29, 0.717) is 18.2 Å². The molecule has 0 radical (unpaired) electrons. The first kappa shape index (κ1) is 13.4. The van der Waals surface area contributed by atoms with Crippen molar-refractivity contribution in [2.45, 2.75) is 33.1 Å². The second-order valence-electron chi connectivity index (χ2n) is 6.56. The molecular formula is C16H26N4. The van der Waals surface area contributed by atoms with E-state index < -0.39 is 0 Å². The minimum atomic E-state index is 0.420. The molecule has 1 aromatic rings. The number of anilines is 4. The van der Waals surface area contributed by atoms with Crippen molar-refractivity contribution >= 4 is 22.7 Å². The zero-order valence-electron chi connectivity index (χ0n) is 13.7. The van der Waals surface area contributed by atoms with Gasteiger partial charge in [0.2, 0.25) is 0 Å². The molecule has 0 spiro atoms. The molecule has 110 valence electrons. The maximum absolute atomic E-state index is 2.41. The first-order valence-corrected chi connectivity index (χ1v) is 7.44. The molecule has 0 fully saturated rings. The van der Waals surface area contributed by atoms with Gasteiger partial charge in [0, 0.05) is 28.2 Å². The van der Waals surface area contributed by atoms with Crippen LogP contribution in [-0.2, 0) is 0 Å². The van der Waals surface area contributed by atoms with Gasteiger partial charge in [0.25, 0.3) is 0 Å². The number of hydrogen-bond donors (Lipinski definition) is 0. The van der Waals surface area contributed by atoms with Crippen LogP contribution in [0.2, 0.25) is 0 Å². The second kappa shape index (κ2) is 4.21. The summed E-state index contributed by atoms with van der Waals surface area (Å²) in [6.45, 7) is 6.82. The molecule has 0 unspecified atom stereocenters. The molecule has 0 saturated carbocycles. The average Bonchev–Trinajstić information content (AvgIpc) is 2.77. The number of hydrogen-bond acceptors (Lipinski definition) is 4. The molecule has 4 nitrogen and oxygen atoms in total. The zero-order chi connectivity index (χ0) is 14.8. The van der Waals surface area contributed by atoms with Crippen LogP contribution in [0, 0.1) is 5.92 Å². The Morgan fingerprint density at radius 1 is 0.750 bits per heavy atom. The van der Waals surface area contributed by atoms with Gasteiger partial charge in [0.15, 0.2) is 0 Å². The Labute approximate surface area is 122 Å². The molecule has 20 heavy (non-hydrogen) atoms. The van der Waals surface area contributed by atoms with Crippen molar-refractivity contribution in [1.82, 2.24) is 0 Å². The first-order valence-electron chi connectivity index (χ1n) is 7.44. The van der Waals surface area contributed by atoms with Crippen molar-refractivity contribution in [2.24, 2.45) is 5.92 Å². The fourth-order valence-electron chi connectivity index (χ4n) is 3.79. The van der Waals surface area contributed by atoms with Crippen LogP contribution in [0.5, 0.6) is 0 Å². The fraction of sp³-hybridized carbons (Fsp3) is 0.625. The van der Waals surface area contributed by atoms with E-state index in [0.717, 1.165) is 0 Å². The Bertz CT molecular complexity index is 497. The molecule has 2 heterocycles. The topological polar surface area (TPSA) is 13.0 Å². The normalized spacial score (nSPS) is 19.4. The van der Waals surface area contributed by atoms with E-state index >= 15 is 0 Å². The van der Waals surface area contributed by atoms with Crippen molar-refractivity contribution in [3.63, 3.8) is 0 Å². The largest absolute Gasteiger partial charge is 0.353 e. The van der Waals surface area contributed by atoms with Gasteiger partial charge in [-0.25, -0.2) is 0 Å².